The second kappa shape index (κ2) is 6.71. The lowest BCUT2D eigenvalue weighted by Gasteiger charge is -2.19. The van der Waals surface area contributed by atoms with E-state index in [1.54, 1.807) is 0 Å². The van der Waals surface area contributed by atoms with E-state index in [-0.39, 0.29) is 5.97 Å². The van der Waals surface area contributed by atoms with Crippen LogP contribution in [-0.2, 0) is 22.5 Å². The van der Waals surface area contributed by atoms with E-state index in [0.717, 1.165) is 13.0 Å². The molecule has 0 atom stereocenters. The number of benzene rings is 1. The average molecular weight is 263 g/mol. The molecule has 0 saturated heterocycles. The zero-order valence-electron chi connectivity index (χ0n) is 12.7. The van der Waals surface area contributed by atoms with Crippen LogP contribution in [0.5, 0.6) is 0 Å². The van der Waals surface area contributed by atoms with Gasteiger partial charge in [-0.3, -0.25) is 4.79 Å². The minimum atomic E-state index is -0.405. The van der Waals surface area contributed by atoms with Gasteiger partial charge in [0.05, 0.1) is 0 Å². The number of rotatable bonds is 5. The van der Waals surface area contributed by atoms with E-state index in [4.69, 9.17) is 4.74 Å². The molecule has 0 aliphatic rings. The van der Waals surface area contributed by atoms with Gasteiger partial charge < -0.3 is 10.1 Å². The number of esters is 1. The Hall–Kier alpha value is -1.35. The first-order chi connectivity index (χ1) is 8.81. The highest BCUT2D eigenvalue weighted by Crippen LogP contribution is 2.15. The van der Waals surface area contributed by atoms with E-state index in [0.29, 0.717) is 6.42 Å². The van der Waals surface area contributed by atoms with Crippen molar-refractivity contribution in [2.45, 2.75) is 52.7 Å². The zero-order chi connectivity index (χ0) is 14.5. The smallest absolute Gasteiger partial charge is 0.306 e. The predicted octanol–water partition coefficient (Wildman–Crippen LogP) is 2.99. The van der Waals surface area contributed by atoms with Crippen molar-refractivity contribution in [3.8, 4) is 0 Å². The number of nitrogens with one attached hydrogen (secondary N) is 1. The van der Waals surface area contributed by atoms with Gasteiger partial charge in [-0.2, -0.15) is 0 Å². The fraction of sp³-hybridized carbons (Fsp3) is 0.562. The van der Waals surface area contributed by atoms with Crippen molar-refractivity contribution in [1.82, 2.24) is 5.32 Å². The van der Waals surface area contributed by atoms with Gasteiger partial charge in [-0.15, -0.1) is 0 Å². The van der Waals surface area contributed by atoms with Crippen molar-refractivity contribution in [2.24, 2.45) is 0 Å². The van der Waals surface area contributed by atoms with E-state index in [2.05, 4.69) is 30.4 Å². The SMILES string of the molecule is CNCc1cc(C)ccc1CCC(=O)OC(C)(C)C. The number of carbonyl (C=O) groups is 1. The summed E-state index contributed by atoms with van der Waals surface area (Å²) >= 11 is 0. The summed E-state index contributed by atoms with van der Waals surface area (Å²) in [5.74, 6) is -0.136. The summed E-state index contributed by atoms with van der Waals surface area (Å²) in [7, 11) is 1.93. The Morgan fingerprint density at radius 2 is 1.95 bits per heavy atom. The number of aryl methyl sites for hydroxylation is 2. The van der Waals surface area contributed by atoms with Crippen LogP contribution in [0.3, 0.4) is 0 Å². The van der Waals surface area contributed by atoms with Crippen LogP contribution in [0.25, 0.3) is 0 Å². The quantitative estimate of drug-likeness (QED) is 0.830. The monoisotopic (exact) mass is 263 g/mol. The summed E-state index contributed by atoms with van der Waals surface area (Å²) in [6, 6.07) is 6.36. The number of carbonyl (C=O) groups excluding carboxylic acids is 1. The average Bonchev–Trinajstić information content (AvgIpc) is 2.26. The molecule has 0 radical (unpaired) electrons. The summed E-state index contributed by atoms with van der Waals surface area (Å²) in [6.07, 6.45) is 1.16. The summed E-state index contributed by atoms with van der Waals surface area (Å²) in [5.41, 5.74) is 3.31. The number of hydrogen-bond acceptors (Lipinski definition) is 3. The lowest BCUT2D eigenvalue weighted by molar-refractivity contribution is -0.154. The summed E-state index contributed by atoms with van der Waals surface area (Å²) < 4.78 is 5.33. The minimum absolute atomic E-state index is 0.136. The van der Waals surface area contributed by atoms with Crippen LogP contribution in [0.1, 0.15) is 43.9 Å². The van der Waals surface area contributed by atoms with Crippen molar-refractivity contribution in [1.29, 1.82) is 0 Å². The predicted molar refractivity (Wildman–Crippen MR) is 78.1 cm³/mol. The molecule has 19 heavy (non-hydrogen) atoms. The lowest BCUT2D eigenvalue weighted by atomic mass is 10.0. The van der Waals surface area contributed by atoms with Crippen LogP contribution in [0.15, 0.2) is 18.2 Å². The van der Waals surface area contributed by atoms with Gasteiger partial charge in [0.25, 0.3) is 0 Å². The normalized spacial score (nSPS) is 11.4. The van der Waals surface area contributed by atoms with Crippen molar-refractivity contribution in [3.63, 3.8) is 0 Å². The standard InChI is InChI=1S/C16H25NO2/c1-12-6-7-13(14(10-12)11-17-5)8-9-15(18)19-16(2,3)4/h6-7,10,17H,8-9,11H2,1-5H3. The van der Waals surface area contributed by atoms with Crippen molar-refractivity contribution >= 4 is 5.97 Å². The largest absolute Gasteiger partial charge is 0.460 e. The maximum atomic E-state index is 11.7. The lowest BCUT2D eigenvalue weighted by Crippen LogP contribution is -2.24. The Labute approximate surface area is 116 Å². The van der Waals surface area contributed by atoms with Gasteiger partial charge in [0, 0.05) is 13.0 Å². The third-order valence-corrected chi connectivity index (χ3v) is 2.75. The van der Waals surface area contributed by atoms with E-state index in [1.807, 2.05) is 27.8 Å². The number of hydrogen-bond donors (Lipinski definition) is 1. The molecule has 1 N–H and O–H groups in total. The van der Waals surface area contributed by atoms with Crippen molar-refractivity contribution < 1.29 is 9.53 Å². The number of ether oxygens (including phenoxy) is 1. The first-order valence-corrected chi connectivity index (χ1v) is 6.76. The first-order valence-electron chi connectivity index (χ1n) is 6.76. The van der Waals surface area contributed by atoms with Crippen LogP contribution in [-0.4, -0.2) is 18.6 Å². The molecular weight excluding hydrogens is 238 g/mol. The second-order valence-corrected chi connectivity index (χ2v) is 5.89. The van der Waals surface area contributed by atoms with E-state index in [1.165, 1.54) is 16.7 Å². The van der Waals surface area contributed by atoms with E-state index in [9.17, 15) is 4.79 Å². The molecule has 1 rings (SSSR count). The summed E-state index contributed by atoms with van der Waals surface area (Å²) in [6.45, 7) is 8.58. The minimum Gasteiger partial charge on any atom is -0.460 e. The zero-order valence-corrected chi connectivity index (χ0v) is 12.7. The van der Waals surface area contributed by atoms with Gasteiger partial charge in [-0.1, -0.05) is 23.8 Å². The molecule has 0 aliphatic heterocycles. The van der Waals surface area contributed by atoms with Gasteiger partial charge >= 0.3 is 5.97 Å². The molecule has 3 heteroatoms. The van der Waals surface area contributed by atoms with Crippen LogP contribution in [0.2, 0.25) is 0 Å². The molecule has 106 valence electrons. The highest BCUT2D eigenvalue weighted by molar-refractivity contribution is 5.70. The Balaban J connectivity index is 2.64. The molecule has 0 heterocycles. The molecule has 0 amide bonds. The topological polar surface area (TPSA) is 38.3 Å². The van der Waals surface area contributed by atoms with Crippen molar-refractivity contribution in [3.05, 3.63) is 34.9 Å². The molecule has 0 aliphatic carbocycles. The Kier molecular flexibility index (Phi) is 5.55. The van der Waals surface area contributed by atoms with Crippen molar-refractivity contribution in [2.75, 3.05) is 7.05 Å². The molecule has 0 fully saturated rings. The summed E-state index contributed by atoms with van der Waals surface area (Å²) in [5, 5.41) is 3.16. The van der Waals surface area contributed by atoms with Gasteiger partial charge in [-0.25, -0.2) is 0 Å². The molecule has 3 nitrogen and oxygen atoms in total. The Morgan fingerprint density at radius 3 is 2.53 bits per heavy atom. The third-order valence-electron chi connectivity index (χ3n) is 2.75. The fourth-order valence-corrected chi connectivity index (χ4v) is 1.98. The highest BCUT2D eigenvalue weighted by atomic mass is 16.6. The highest BCUT2D eigenvalue weighted by Gasteiger charge is 2.16. The molecule has 0 spiro atoms. The van der Waals surface area contributed by atoms with Gasteiger partial charge in [-0.05, 0) is 52.3 Å². The van der Waals surface area contributed by atoms with E-state index >= 15 is 0 Å². The first kappa shape index (κ1) is 15.7. The Bertz CT molecular complexity index is 433. The third kappa shape index (κ3) is 5.88. The van der Waals surface area contributed by atoms with Gasteiger partial charge in [0.15, 0.2) is 0 Å². The molecular formula is C16H25NO2. The molecule has 0 saturated carbocycles. The maximum absolute atomic E-state index is 11.7. The van der Waals surface area contributed by atoms with E-state index < -0.39 is 5.60 Å². The van der Waals surface area contributed by atoms with Gasteiger partial charge in [0.1, 0.15) is 5.60 Å². The fourth-order valence-electron chi connectivity index (χ4n) is 1.98. The molecule has 0 aromatic heterocycles. The molecule has 0 bridgehead atoms. The molecule has 1 aromatic rings. The van der Waals surface area contributed by atoms with Gasteiger partial charge in [0.2, 0.25) is 0 Å². The second-order valence-electron chi connectivity index (χ2n) is 5.89. The van der Waals surface area contributed by atoms with Crippen LogP contribution >= 0.6 is 0 Å². The molecule has 1 aromatic carbocycles. The Morgan fingerprint density at radius 1 is 1.26 bits per heavy atom. The van der Waals surface area contributed by atoms with Crippen LogP contribution in [0, 0.1) is 6.92 Å². The summed E-state index contributed by atoms with van der Waals surface area (Å²) in [4.78, 5) is 11.7. The van der Waals surface area contributed by atoms with Crippen LogP contribution < -0.4 is 5.32 Å². The molecule has 0 unspecified atom stereocenters. The van der Waals surface area contributed by atoms with Crippen LogP contribution in [0.4, 0.5) is 0 Å². The maximum Gasteiger partial charge on any atom is 0.306 e.